The monoisotopic (exact) mass is 660 g/mol. The Hall–Kier alpha value is -4.96. The van der Waals surface area contributed by atoms with E-state index in [2.05, 4.69) is 155 Å². The number of nitrogens with zero attached hydrogens (tertiary/aromatic N) is 2. The van der Waals surface area contributed by atoms with Gasteiger partial charge >= 0.3 is 0 Å². The number of aryl methyl sites for hydroxylation is 10. The van der Waals surface area contributed by atoms with Crippen molar-refractivity contribution >= 4 is 22.6 Å². The van der Waals surface area contributed by atoms with Gasteiger partial charge in [0.05, 0.1) is 22.8 Å². The quantitative estimate of drug-likeness (QED) is 0.207. The fourth-order valence-corrected chi connectivity index (χ4v) is 8.42. The zero-order chi connectivity index (χ0) is 36.3. The predicted molar refractivity (Wildman–Crippen MR) is 215 cm³/mol. The first-order valence-corrected chi connectivity index (χ1v) is 17.8. The van der Waals surface area contributed by atoms with Crippen molar-refractivity contribution in [2.45, 2.75) is 96.9 Å². The van der Waals surface area contributed by atoms with Crippen LogP contribution in [0.3, 0.4) is 0 Å². The molecule has 6 rings (SSSR count). The third-order valence-electron chi connectivity index (χ3n) is 10.4. The summed E-state index contributed by atoms with van der Waals surface area (Å²) in [6.07, 6.45) is 4.51. The van der Waals surface area contributed by atoms with Gasteiger partial charge < -0.3 is 9.97 Å². The maximum atomic E-state index is 5.29. The molecule has 0 aliphatic carbocycles. The van der Waals surface area contributed by atoms with Crippen LogP contribution in [0, 0.1) is 69.2 Å². The molecule has 0 atom stereocenters. The molecule has 256 valence electrons. The van der Waals surface area contributed by atoms with E-state index in [4.69, 9.17) is 9.98 Å². The van der Waals surface area contributed by atoms with E-state index in [1.807, 2.05) is 0 Å². The molecule has 50 heavy (non-hydrogen) atoms. The van der Waals surface area contributed by atoms with Gasteiger partial charge in [0.1, 0.15) is 0 Å². The molecule has 2 aliphatic rings. The molecular formula is C46H52N4. The minimum Gasteiger partial charge on any atom is -0.358 e. The Morgan fingerprint density at radius 2 is 0.760 bits per heavy atom. The third-order valence-corrected chi connectivity index (χ3v) is 10.4. The lowest BCUT2D eigenvalue weighted by Crippen LogP contribution is -2.02. The molecule has 0 radical (unpaired) electrons. The van der Waals surface area contributed by atoms with Crippen LogP contribution in [0.2, 0.25) is 0 Å². The highest BCUT2D eigenvalue weighted by atomic mass is 14.8. The minimum absolute atomic E-state index is 1.03. The lowest BCUT2D eigenvalue weighted by Gasteiger charge is -2.18. The fourth-order valence-electron chi connectivity index (χ4n) is 8.42. The molecule has 2 aliphatic heterocycles. The molecule has 0 unspecified atom stereocenters. The summed E-state index contributed by atoms with van der Waals surface area (Å²) in [4.78, 5) is 18.0. The summed E-state index contributed by atoms with van der Waals surface area (Å²) in [5.41, 5.74) is 28.4. The second-order valence-electron chi connectivity index (χ2n) is 14.8. The average Bonchev–Trinajstić information content (AvgIpc) is 3.70. The molecule has 2 aromatic carbocycles. The van der Waals surface area contributed by atoms with Crippen molar-refractivity contribution in [2.75, 3.05) is 0 Å². The van der Waals surface area contributed by atoms with Crippen LogP contribution in [0.15, 0.2) is 92.2 Å². The molecule has 4 heterocycles. The smallest absolute Gasteiger partial charge is 0.0768 e. The Labute approximate surface area is 299 Å². The van der Waals surface area contributed by atoms with Crippen molar-refractivity contribution in [3.05, 3.63) is 161 Å². The third kappa shape index (κ3) is 6.06. The molecule has 0 amide bonds. The number of allylic oxidation sites excluding steroid dienone is 6. The highest BCUT2D eigenvalue weighted by Gasteiger charge is 2.28. The molecule has 4 heteroatoms. The van der Waals surface area contributed by atoms with Crippen LogP contribution >= 0.6 is 0 Å². The van der Waals surface area contributed by atoms with Gasteiger partial charge in [-0.15, -0.1) is 0 Å². The van der Waals surface area contributed by atoms with E-state index < -0.39 is 0 Å². The van der Waals surface area contributed by atoms with E-state index in [9.17, 15) is 0 Å². The second-order valence-corrected chi connectivity index (χ2v) is 14.8. The standard InChI is InChI=1S/C46H52N4/c1-23-17-25(3)39(26(4)18-23)41(43-29(7)21-31(9)47-43)45-33(11)37(35(13)49-45)15-16-38-34(12)46(50-36(38)14)42(44-30(8)22-32(10)48-44)40-27(5)19-24(2)20-28(40)6/h15-22,47-48H,1-14H3/b16-15+,45-41+,46-42+. The maximum absolute atomic E-state index is 5.29. The zero-order valence-corrected chi connectivity index (χ0v) is 32.5. The summed E-state index contributed by atoms with van der Waals surface area (Å²) in [7, 11) is 0. The van der Waals surface area contributed by atoms with Crippen LogP contribution in [0.25, 0.3) is 11.1 Å². The summed E-state index contributed by atoms with van der Waals surface area (Å²) >= 11 is 0. The zero-order valence-electron chi connectivity index (χ0n) is 32.5. The normalized spacial score (nSPS) is 17.1. The largest absolute Gasteiger partial charge is 0.358 e. The Morgan fingerprint density at radius 3 is 1.04 bits per heavy atom. The maximum Gasteiger partial charge on any atom is 0.0768 e. The van der Waals surface area contributed by atoms with Gasteiger partial charge in [0.25, 0.3) is 0 Å². The van der Waals surface area contributed by atoms with Gasteiger partial charge in [-0.2, -0.15) is 0 Å². The molecule has 4 aromatic rings. The van der Waals surface area contributed by atoms with Gasteiger partial charge in [-0.3, -0.25) is 9.98 Å². The van der Waals surface area contributed by atoms with E-state index in [-0.39, 0.29) is 0 Å². The van der Waals surface area contributed by atoms with Crippen molar-refractivity contribution in [3.8, 4) is 0 Å². The number of aromatic amines is 2. The summed E-state index contributed by atoms with van der Waals surface area (Å²) in [6, 6.07) is 13.6. The topological polar surface area (TPSA) is 56.3 Å². The Morgan fingerprint density at radius 1 is 0.440 bits per heavy atom. The summed E-state index contributed by atoms with van der Waals surface area (Å²) in [6.45, 7) is 30.6. The number of rotatable bonds is 6. The van der Waals surface area contributed by atoms with E-state index in [1.54, 1.807) is 0 Å². The Balaban J connectivity index is 1.54. The van der Waals surface area contributed by atoms with Crippen LogP contribution in [0.1, 0.15) is 106 Å². The second kappa shape index (κ2) is 13.1. The van der Waals surface area contributed by atoms with Crippen molar-refractivity contribution in [1.82, 2.24) is 9.97 Å². The van der Waals surface area contributed by atoms with Crippen molar-refractivity contribution < 1.29 is 0 Å². The van der Waals surface area contributed by atoms with Crippen molar-refractivity contribution in [3.63, 3.8) is 0 Å². The van der Waals surface area contributed by atoms with Crippen molar-refractivity contribution in [1.29, 1.82) is 0 Å². The van der Waals surface area contributed by atoms with Crippen LogP contribution in [0.4, 0.5) is 0 Å². The molecule has 0 fully saturated rings. The molecule has 0 bridgehead atoms. The molecular weight excluding hydrogens is 609 g/mol. The lowest BCUT2D eigenvalue weighted by atomic mass is 9.87. The van der Waals surface area contributed by atoms with Gasteiger partial charge in [-0.05, 0) is 165 Å². The SMILES string of the molecule is CC1=N/C(=C(/c2[nH]c(C)cc2C)c2c(C)cc(C)cc2C)C(C)=C1/C=C/C1=C(C)C(=C(\c2[nH]c(C)cc2C)c2c(C)cc(C)cc2C)/N=C1C. The molecule has 0 saturated heterocycles. The first-order valence-electron chi connectivity index (χ1n) is 17.8. The predicted octanol–water partition coefficient (Wildman–Crippen LogP) is 11.8. The van der Waals surface area contributed by atoms with E-state index in [1.165, 1.54) is 77.9 Å². The molecule has 0 spiro atoms. The van der Waals surface area contributed by atoms with Crippen LogP contribution in [-0.4, -0.2) is 21.4 Å². The van der Waals surface area contributed by atoms with Crippen LogP contribution in [-0.2, 0) is 0 Å². The van der Waals surface area contributed by atoms with Crippen LogP contribution in [0.5, 0.6) is 0 Å². The van der Waals surface area contributed by atoms with Gasteiger partial charge in [-0.25, -0.2) is 0 Å². The molecule has 0 saturated carbocycles. The Kier molecular flexibility index (Phi) is 9.11. The van der Waals surface area contributed by atoms with Gasteiger partial charge in [0.2, 0.25) is 0 Å². The average molecular weight is 661 g/mol. The number of aromatic nitrogens is 2. The van der Waals surface area contributed by atoms with E-state index in [0.717, 1.165) is 56.7 Å². The van der Waals surface area contributed by atoms with E-state index >= 15 is 0 Å². The molecule has 2 N–H and O–H groups in total. The minimum atomic E-state index is 1.03. The van der Waals surface area contributed by atoms with E-state index in [0.29, 0.717) is 0 Å². The van der Waals surface area contributed by atoms with Gasteiger partial charge in [-0.1, -0.05) is 47.5 Å². The number of nitrogens with one attached hydrogen (secondary N) is 2. The van der Waals surface area contributed by atoms with Gasteiger partial charge in [0.15, 0.2) is 0 Å². The number of hydrogen-bond acceptors (Lipinski definition) is 2. The summed E-state index contributed by atoms with van der Waals surface area (Å²) < 4.78 is 0. The van der Waals surface area contributed by atoms with Crippen molar-refractivity contribution in [2.24, 2.45) is 9.98 Å². The molecule has 4 nitrogen and oxygen atoms in total. The lowest BCUT2D eigenvalue weighted by molar-refractivity contribution is 1.19. The molecule has 2 aromatic heterocycles. The summed E-state index contributed by atoms with van der Waals surface area (Å²) in [5, 5.41) is 0. The number of H-pyrrole nitrogens is 2. The van der Waals surface area contributed by atoms with Gasteiger partial charge in [0, 0.05) is 45.1 Å². The fraction of sp³-hybridized carbons (Fsp3) is 0.304. The van der Waals surface area contributed by atoms with Crippen LogP contribution < -0.4 is 0 Å². The number of benzene rings is 2. The summed E-state index contributed by atoms with van der Waals surface area (Å²) in [5.74, 6) is 0. The first-order chi connectivity index (χ1) is 23.6. The highest BCUT2D eigenvalue weighted by molar-refractivity contribution is 6.10. The number of hydrogen-bond donors (Lipinski definition) is 2. The number of aliphatic imine (C=N–C) groups is 2. The first kappa shape index (κ1) is 34.9. The highest BCUT2D eigenvalue weighted by Crippen LogP contribution is 2.42. The Bertz CT molecular complexity index is 2120.